The van der Waals surface area contributed by atoms with Crippen molar-refractivity contribution in [2.45, 2.75) is 50.3 Å². The number of nitrogens with zero attached hydrogens (tertiary/aromatic N) is 2. The van der Waals surface area contributed by atoms with Gasteiger partial charge in [0, 0.05) is 43.5 Å². The van der Waals surface area contributed by atoms with Crippen LogP contribution in [0.2, 0.25) is 0 Å². The Morgan fingerprint density at radius 2 is 1.83 bits per heavy atom. The summed E-state index contributed by atoms with van der Waals surface area (Å²) in [4.78, 5) is 19.7. The number of benzene rings is 1. The Morgan fingerprint density at radius 3 is 2.53 bits per heavy atom. The zero-order valence-electron chi connectivity index (χ0n) is 17.8. The Balaban J connectivity index is 1.49. The van der Waals surface area contributed by atoms with Crippen LogP contribution in [0.5, 0.6) is 11.5 Å². The number of ether oxygens (including phenoxy) is 2. The van der Waals surface area contributed by atoms with Gasteiger partial charge in [0.25, 0.3) is 5.91 Å². The third-order valence-electron chi connectivity index (χ3n) is 6.08. The minimum absolute atomic E-state index is 0.0167. The molecule has 30 heavy (non-hydrogen) atoms. The summed E-state index contributed by atoms with van der Waals surface area (Å²) in [5, 5.41) is 0. The molecule has 3 heterocycles. The minimum Gasteiger partial charge on any atom is -0.497 e. The molecule has 4 rings (SSSR count). The van der Waals surface area contributed by atoms with E-state index in [1.165, 1.54) is 5.56 Å². The maximum absolute atomic E-state index is 13.5. The molecule has 3 atom stereocenters. The van der Waals surface area contributed by atoms with Gasteiger partial charge in [-0.1, -0.05) is 0 Å². The number of aromatic nitrogens is 1. The van der Waals surface area contributed by atoms with Crippen molar-refractivity contribution in [3.63, 3.8) is 0 Å². The average molecular weight is 411 g/mol. The first-order chi connectivity index (χ1) is 14.5. The molecule has 7 nitrogen and oxygen atoms in total. The van der Waals surface area contributed by atoms with Crippen molar-refractivity contribution in [3.05, 3.63) is 54.4 Å². The topological polar surface area (TPSA) is 75.7 Å². The first-order valence-corrected chi connectivity index (χ1v) is 10.5. The van der Waals surface area contributed by atoms with Crippen molar-refractivity contribution >= 4 is 5.91 Å². The Bertz CT molecular complexity index is 857. The fraction of sp³-hybridized carbons (Fsp3) is 0.478. The van der Waals surface area contributed by atoms with Crippen LogP contribution in [-0.4, -0.2) is 53.7 Å². The van der Waals surface area contributed by atoms with Gasteiger partial charge in [-0.15, -0.1) is 0 Å². The summed E-state index contributed by atoms with van der Waals surface area (Å²) in [6, 6.07) is 11.7. The monoisotopic (exact) mass is 410 g/mol. The van der Waals surface area contributed by atoms with Crippen LogP contribution in [0, 0.1) is 0 Å². The van der Waals surface area contributed by atoms with Gasteiger partial charge in [-0.25, -0.2) is 0 Å². The summed E-state index contributed by atoms with van der Waals surface area (Å²) in [6.45, 7) is 5.27. The van der Waals surface area contributed by atoms with Gasteiger partial charge in [0.05, 0.1) is 7.11 Å². The fourth-order valence-corrected chi connectivity index (χ4v) is 4.56. The number of pyridine rings is 1. The molecule has 0 saturated carbocycles. The second-order valence-electron chi connectivity index (χ2n) is 8.43. The van der Waals surface area contributed by atoms with Gasteiger partial charge in [0.15, 0.2) is 5.60 Å². The predicted molar refractivity (Wildman–Crippen MR) is 114 cm³/mol. The third kappa shape index (κ3) is 4.13. The summed E-state index contributed by atoms with van der Waals surface area (Å²) >= 11 is 0. The zero-order valence-corrected chi connectivity index (χ0v) is 17.8. The number of hydrazine groups is 1. The Kier molecular flexibility index (Phi) is 5.92. The van der Waals surface area contributed by atoms with Crippen molar-refractivity contribution in [2.24, 2.45) is 0 Å². The molecule has 0 aliphatic carbocycles. The van der Waals surface area contributed by atoms with Crippen LogP contribution in [0.3, 0.4) is 0 Å². The van der Waals surface area contributed by atoms with Gasteiger partial charge in [0.1, 0.15) is 11.5 Å². The smallest absolute Gasteiger partial charge is 0.266 e. The molecule has 7 heteroatoms. The lowest BCUT2D eigenvalue weighted by atomic mass is 9.88. The Morgan fingerprint density at radius 1 is 1.13 bits per heavy atom. The molecule has 2 N–H and O–H groups in total. The first kappa shape index (κ1) is 20.6. The molecule has 1 amide bonds. The minimum atomic E-state index is -0.963. The lowest BCUT2D eigenvalue weighted by molar-refractivity contribution is -0.146. The van der Waals surface area contributed by atoms with Crippen molar-refractivity contribution in [1.29, 1.82) is 0 Å². The number of hydrogen-bond donors (Lipinski definition) is 2. The highest BCUT2D eigenvalue weighted by atomic mass is 16.5. The van der Waals surface area contributed by atoms with E-state index in [1.54, 1.807) is 7.11 Å². The number of amides is 1. The number of methoxy groups -OCH3 is 1. The van der Waals surface area contributed by atoms with Crippen molar-refractivity contribution in [2.75, 3.05) is 20.2 Å². The molecule has 160 valence electrons. The van der Waals surface area contributed by atoms with Crippen molar-refractivity contribution in [3.8, 4) is 11.5 Å². The Hall–Kier alpha value is -2.64. The SMILES string of the molecule is COc1ccc(OC(C)(C)C(=O)N2CCCC2C2NNCC2c2ccncc2)cc1. The van der Waals surface area contributed by atoms with E-state index in [9.17, 15) is 4.79 Å². The van der Waals surface area contributed by atoms with Gasteiger partial charge in [-0.05, 0) is 68.7 Å². The van der Waals surface area contributed by atoms with Crippen molar-refractivity contribution in [1.82, 2.24) is 20.7 Å². The van der Waals surface area contributed by atoms with E-state index in [4.69, 9.17) is 9.47 Å². The van der Waals surface area contributed by atoms with Gasteiger partial charge in [-0.3, -0.25) is 20.6 Å². The Labute approximate surface area is 177 Å². The van der Waals surface area contributed by atoms with E-state index in [1.807, 2.05) is 55.4 Å². The summed E-state index contributed by atoms with van der Waals surface area (Å²) in [7, 11) is 1.63. The molecular weight excluding hydrogens is 380 g/mol. The molecule has 2 fully saturated rings. The van der Waals surface area contributed by atoms with E-state index in [2.05, 4.69) is 28.0 Å². The number of carbonyl (C=O) groups is 1. The fourth-order valence-electron chi connectivity index (χ4n) is 4.56. The van der Waals surface area contributed by atoms with E-state index >= 15 is 0 Å². The second kappa shape index (κ2) is 8.62. The number of rotatable bonds is 6. The van der Waals surface area contributed by atoms with Gasteiger partial charge < -0.3 is 14.4 Å². The van der Waals surface area contributed by atoms with E-state index in [-0.39, 0.29) is 23.9 Å². The number of likely N-dealkylation sites (tertiary alicyclic amines) is 1. The quantitative estimate of drug-likeness (QED) is 0.762. The van der Waals surface area contributed by atoms with Gasteiger partial charge in [-0.2, -0.15) is 0 Å². The third-order valence-corrected chi connectivity index (χ3v) is 6.08. The molecule has 3 unspecified atom stereocenters. The molecule has 0 radical (unpaired) electrons. The predicted octanol–water partition coefficient (Wildman–Crippen LogP) is 2.50. The molecule has 2 aliphatic rings. The van der Waals surface area contributed by atoms with Crippen LogP contribution in [0.25, 0.3) is 0 Å². The van der Waals surface area contributed by atoms with E-state index in [0.717, 1.165) is 31.7 Å². The van der Waals surface area contributed by atoms with Crippen LogP contribution in [0.1, 0.15) is 38.2 Å². The molecule has 2 aromatic rings. The number of hydrogen-bond acceptors (Lipinski definition) is 6. The highest BCUT2D eigenvalue weighted by molar-refractivity contribution is 5.85. The summed E-state index contributed by atoms with van der Waals surface area (Å²) < 4.78 is 11.3. The molecule has 0 bridgehead atoms. The van der Waals surface area contributed by atoms with E-state index in [0.29, 0.717) is 5.75 Å². The largest absolute Gasteiger partial charge is 0.497 e. The summed E-state index contributed by atoms with van der Waals surface area (Å²) in [5.74, 6) is 1.72. The summed E-state index contributed by atoms with van der Waals surface area (Å²) in [5.41, 5.74) is 7.00. The molecular formula is C23H30N4O3. The zero-order chi connectivity index (χ0) is 21.1. The summed E-state index contributed by atoms with van der Waals surface area (Å²) in [6.07, 6.45) is 5.63. The highest BCUT2D eigenvalue weighted by Gasteiger charge is 2.45. The van der Waals surface area contributed by atoms with Crippen molar-refractivity contribution < 1.29 is 14.3 Å². The lowest BCUT2D eigenvalue weighted by Crippen LogP contribution is -2.56. The number of carbonyl (C=O) groups excluding carboxylic acids is 1. The molecule has 2 aliphatic heterocycles. The molecule has 2 saturated heterocycles. The van der Waals surface area contributed by atoms with Crippen LogP contribution in [0.4, 0.5) is 0 Å². The second-order valence-corrected chi connectivity index (χ2v) is 8.43. The first-order valence-electron chi connectivity index (χ1n) is 10.5. The molecule has 1 aromatic heterocycles. The van der Waals surface area contributed by atoms with Crippen LogP contribution < -0.4 is 20.3 Å². The lowest BCUT2D eigenvalue weighted by Gasteiger charge is -2.37. The normalized spacial score (nSPS) is 24.1. The van der Waals surface area contributed by atoms with E-state index < -0.39 is 5.60 Å². The average Bonchev–Trinajstić information content (AvgIpc) is 3.43. The van der Waals surface area contributed by atoms with Crippen LogP contribution in [-0.2, 0) is 4.79 Å². The molecule has 1 aromatic carbocycles. The van der Waals surface area contributed by atoms with Gasteiger partial charge in [0.2, 0.25) is 0 Å². The van der Waals surface area contributed by atoms with Gasteiger partial charge >= 0.3 is 0 Å². The number of nitrogens with one attached hydrogen (secondary N) is 2. The standard InChI is InChI=1S/C23H30N4O3/c1-23(2,30-18-8-6-17(29-3)7-9-18)22(28)27-14-4-5-20(27)21-19(15-25-26-21)16-10-12-24-13-11-16/h6-13,19-21,25-26H,4-5,14-15H2,1-3H3. The van der Waals surface area contributed by atoms with Crippen LogP contribution >= 0.6 is 0 Å². The maximum Gasteiger partial charge on any atom is 0.266 e. The maximum atomic E-state index is 13.5. The highest BCUT2D eigenvalue weighted by Crippen LogP contribution is 2.33. The molecule has 0 spiro atoms. The van der Waals surface area contributed by atoms with Crippen LogP contribution in [0.15, 0.2) is 48.8 Å².